The number of cyclic esters (lactones) is 1. The van der Waals surface area contributed by atoms with Crippen molar-refractivity contribution in [2.24, 2.45) is 0 Å². The summed E-state index contributed by atoms with van der Waals surface area (Å²) in [4.78, 5) is 11.5. The van der Waals surface area contributed by atoms with E-state index < -0.39 is 18.4 Å². The molecule has 0 spiro atoms. The number of aliphatic hydroxyl groups is 3. The fourth-order valence-electron chi connectivity index (χ4n) is 2.40. The smallest absolute Gasteiger partial charge is 0.339 e. The van der Waals surface area contributed by atoms with Gasteiger partial charge in [0, 0.05) is 5.57 Å². The molecule has 1 aliphatic rings. The van der Waals surface area contributed by atoms with E-state index in [1.165, 1.54) is 0 Å². The predicted molar refractivity (Wildman–Crippen MR) is 74.8 cm³/mol. The molecule has 3 N–H and O–H groups in total. The quantitative estimate of drug-likeness (QED) is 0.443. The van der Waals surface area contributed by atoms with Gasteiger partial charge in [-0.05, 0) is 26.7 Å². The number of esters is 1. The fourth-order valence-corrected chi connectivity index (χ4v) is 2.40. The standard InChI is InChI=1S/C15H26O5/c1-10(16)8-6-4-3-5-7-9-12(17)13-11(2)14(18)20-15(13)19/h10,12,14,16-18H,3-9H2,1-2H3/t10-,12-,14+/m1/s1. The summed E-state index contributed by atoms with van der Waals surface area (Å²) in [5.74, 6) is -0.612. The van der Waals surface area contributed by atoms with Crippen molar-refractivity contribution in [2.45, 2.75) is 77.3 Å². The zero-order valence-electron chi connectivity index (χ0n) is 12.3. The molecule has 1 aliphatic heterocycles. The summed E-state index contributed by atoms with van der Waals surface area (Å²) in [6.45, 7) is 3.39. The van der Waals surface area contributed by atoms with Crippen molar-refractivity contribution in [1.29, 1.82) is 0 Å². The highest BCUT2D eigenvalue weighted by molar-refractivity contribution is 5.92. The van der Waals surface area contributed by atoms with E-state index in [1.807, 2.05) is 0 Å². The van der Waals surface area contributed by atoms with Crippen molar-refractivity contribution in [3.63, 3.8) is 0 Å². The Bertz CT molecular complexity index is 348. The first kappa shape index (κ1) is 17.1. The van der Waals surface area contributed by atoms with Crippen LogP contribution in [0, 0.1) is 0 Å². The molecular formula is C15H26O5. The zero-order chi connectivity index (χ0) is 15.1. The molecule has 0 saturated heterocycles. The summed E-state index contributed by atoms with van der Waals surface area (Å²) in [7, 11) is 0. The Morgan fingerprint density at radius 3 is 2.15 bits per heavy atom. The molecule has 1 rings (SSSR count). The molecule has 5 heteroatoms. The van der Waals surface area contributed by atoms with Gasteiger partial charge in [-0.25, -0.2) is 4.79 Å². The van der Waals surface area contributed by atoms with E-state index >= 15 is 0 Å². The number of rotatable bonds is 9. The van der Waals surface area contributed by atoms with Gasteiger partial charge in [0.15, 0.2) is 0 Å². The van der Waals surface area contributed by atoms with E-state index in [9.17, 15) is 15.0 Å². The first-order valence-electron chi connectivity index (χ1n) is 7.39. The van der Waals surface area contributed by atoms with Crippen molar-refractivity contribution in [1.82, 2.24) is 0 Å². The molecule has 3 atom stereocenters. The maximum absolute atomic E-state index is 11.5. The molecule has 0 aromatic carbocycles. The number of carbonyl (C=O) groups excluding carboxylic acids is 1. The van der Waals surface area contributed by atoms with Gasteiger partial charge >= 0.3 is 5.97 Å². The van der Waals surface area contributed by atoms with Gasteiger partial charge in [-0.3, -0.25) is 0 Å². The number of carbonyl (C=O) groups is 1. The summed E-state index contributed by atoms with van der Waals surface area (Å²) in [5.41, 5.74) is 0.631. The fraction of sp³-hybridized carbons (Fsp3) is 0.800. The summed E-state index contributed by atoms with van der Waals surface area (Å²) < 4.78 is 4.65. The summed E-state index contributed by atoms with van der Waals surface area (Å²) in [6, 6.07) is 0. The van der Waals surface area contributed by atoms with Crippen LogP contribution in [0.15, 0.2) is 11.1 Å². The molecule has 5 nitrogen and oxygen atoms in total. The van der Waals surface area contributed by atoms with Gasteiger partial charge in [0.05, 0.1) is 17.8 Å². The van der Waals surface area contributed by atoms with Crippen molar-refractivity contribution < 1.29 is 24.9 Å². The van der Waals surface area contributed by atoms with Crippen LogP contribution in [0.4, 0.5) is 0 Å². The molecular weight excluding hydrogens is 260 g/mol. The van der Waals surface area contributed by atoms with Gasteiger partial charge in [0.1, 0.15) is 0 Å². The molecule has 0 radical (unpaired) electrons. The summed E-state index contributed by atoms with van der Waals surface area (Å²) in [5, 5.41) is 28.5. The summed E-state index contributed by atoms with van der Waals surface area (Å²) in [6.07, 6.45) is 4.02. The maximum Gasteiger partial charge on any atom is 0.339 e. The second kappa shape index (κ2) is 8.39. The maximum atomic E-state index is 11.5. The van der Waals surface area contributed by atoms with E-state index in [-0.39, 0.29) is 11.7 Å². The van der Waals surface area contributed by atoms with E-state index in [2.05, 4.69) is 4.74 Å². The topological polar surface area (TPSA) is 87.0 Å². The second-order valence-electron chi connectivity index (χ2n) is 5.56. The van der Waals surface area contributed by atoms with Crippen LogP contribution in [-0.2, 0) is 9.53 Å². The van der Waals surface area contributed by atoms with Crippen LogP contribution >= 0.6 is 0 Å². The third-order valence-electron chi connectivity index (χ3n) is 3.67. The Labute approximate surface area is 120 Å². The highest BCUT2D eigenvalue weighted by atomic mass is 16.6. The minimum atomic E-state index is -1.20. The first-order chi connectivity index (χ1) is 9.43. The second-order valence-corrected chi connectivity index (χ2v) is 5.56. The average molecular weight is 286 g/mol. The lowest BCUT2D eigenvalue weighted by molar-refractivity contribution is -0.152. The lowest BCUT2D eigenvalue weighted by Gasteiger charge is -2.10. The highest BCUT2D eigenvalue weighted by Gasteiger charge is 2.33. The van der Waals surface area contributed by atoms with E-state index in [0.29, 0.717) is 12.0 Å². The van der Waals surface area contributed by atoms with Crippen molar-refractivity contribution in [3.8, 4) is 0 Å². The molecule has 1 heterocycles. The average Bonchev–Trinajstić information content (AvgIpc) is 2.61. The van der Waals surface area contributed by atoms with E-state index in [1.54, 1.807) is 13.8 Å². The van der Waals surface area contributed by atoms with Gasteiger partial charge in [-0.2, -0.15) is 0 Å². The Morgan fingerprint density at radius 1 is 1.10 bits per heavy atom. The first-order valence-corrected chi connectivity index (χ1v) is 7.39. The molecule has 0 bridgehead atoms. The van der Waals surface area contributed by atoms with Crippen molar-refractivity contribution in [3.05, 3.63) is 11.1 Å². The molecule has 116 valence electrons. The molecule has 0 amide bonds. The molecule has 20 heavy (non-hydrogen) atoms. The Kier molecular flexibility index (Phi) is 7.19. The van der Waals surface area contributed by atoms with Gasteiger partial charge in [-0.1, -0.05) is 32.1 Å². The number of hydrogen-bond acceptors (Lipinski definition) is 5. The minimum Gasteiger partial charge on any atom is -0.428 e. The predicted octanol–water partition coefficient (Wildman–Crippen LogP) is 1.65. The lowest BCUT2D eigenvalue weighted by Crippen LogP contribution is -2.16. The minimum absolute atomic E-state index is 0.214. The third kappa shape index (κ3) is 5.23. The van der Waals surface area contributed by atoms with Gasteiger partial charge in [0.2, 0.25) is 6.29 Å². The van der Waals surface area contributed by atoms with Crippen LogP contribution in [0.25, 0.3) is 0 Å². The molecule has 0 aromatic rings. The van der Waals surface area contributed by atoms with Crippen LogP contribution in [0.3, 0.4) is 0 Å². The zero-order valence-corrected chi connectivity index (χ0v) is 12.3. The van der Waals surface area contributed by atoms with Crippen molar-refractivity contribution in [2.75, 3.05) is 0 Å². The number of unbranched alkanes of at least 4 members (excludes halogenated alkanes) is 4. The molecule has 0 aromatic heterocycles. The van der Waals surface area contributed by atoms with Gasteiger partial charge in [-0.15, -0.1) is 0 Å². The van der Waals surface area contributed by atoms with Crippen LogP contribution in [-0.4, -0.2) is 39.8 Å². The largest absolute Gasteiger partial charge is 0.428 e. The van der Waals surface area contributed by atoms with Crippen LogP contribution in [0.1, 0.15) is 58.8 Å². The molecule has 0 saturated carbocycles. The highest BCUT2D eigenvalue weighted by Crippen LogP contribution is 2.25. The van der Waals surface area contributed by atoms with E-state index in [4.69, 9.17) is 5.11 Å². The normalized spacial score (nSPS) is 22.1. The Morgan fingerprint density at radius 2 is 1.65 bits per heavy atom. The molecule has 0 fully saturated rings. The SMILES string of the molecule is CC1=C([C@H](O)CCCCCCC[C@@H](C)O)C(=O)O[C@@H]1O. The molecule has 0 aliphatic carbocycles. The van der Waals surface area contributed by atoms with Crippen LogP contribution in [0.2, 0.25) is 0 Å². The lowest BCUT2D eigenvalue weighted by atomic mass is 9.99. The Balaban J connectivity index is 2.18. The number of hydrogen-bond donors (Lipinski definition) is 3. The third-order valence-corrected chi connectivity index (χ3v) is 3.67. The van der Waals surface area contributed by atoms with Gasteiger partial charge < -0.3 is 20.1 Å². The Hall–Kier alpha value is -0.910. The van der Waals surface area contributed by atoms with E-state index in [0.717, 1.165) is 38.5 Å². The summed E-state index contributed by atoms with van der Waals surface area (Å²) >= 11 is 0. The monoisotopic (exact) mass is 286 g/mol. The number of ether oxygens (including phenoxy) is 1. The molecule has 0 unspecified atom stereocenters. The van der Waals surface area contributed by atoms with Crippen molar-refractivity contribution >= 4 is 5.97 Å². The van der Waals surface area contributed by atoms with Crippen LogP contribution < -0.4 is 0 Å². The number of aliphatic hydroxyl groups excluding tert-OH is 3. The van der Waals surface area contributed by atoms with Crippen LogP contribution in [0.5, 0.6) is 0 Å². The van der Waals surface area contributed by atoms with Gasteiger partial charge in [0.25, 0.3) is 0 Å².